The van der Waals surface area contributed by atoms with Gasteiger partial charge in [-0.25, -0.2) is 0 Å². The number of carbonyl (C=O) groups is 1. The van der Waals surface area contributed by atoms with Gasteiger partial charge in [0.25, 0.3) is 5.91 Å². The topological polar surface area (TPSA) is 64.3 Å². The van der Waals surface area contributed by atoms with Gasteiger partial charge in [-0.15, -0.1) is 0 Å². The van der Waals surface area contributed by atoms with E-state index in [2.05, 4.69) is 5.32 Å². The van der Waals surface area contributed by atoms with Gasteiger partial charge in [0.15, 0.2) is 0 Å². The first-order valence-electron chi connectivity index (χ1n) is 7.01. The van der Waals surface area contributed by atoms with Crippen molar-refractivity contribution in [3.05, 3.63) is 59.2 Å². The van der Waals surface area contributed by atoms with E-state index >= 15 is 0 Å². The van der Waals surface area contributed by atoms with Gasteiger partial charge in [0, 0.05) is 5.69 Å². The minimum Gasteiger partial charge on any atom is -0.496 e. The molecule has 3 rings (SSSR count). The maximum absolute atomic E-state index is 12.4. The summed E-state index contributed by atoms with van der Waals surface area (Å²) >= 11 is 0. The average molecular weight is 282 g/mol. The number of nitrogens with two attached hydrogens (primary N) is 1. The lowest BCUT2D eigenvalue weighted by Crippen LogP contribution is -2.27. The van der Waals surface area contributed by atoms with Crippen molar-refractivity contribution < 1.29 is 9.53 Å². The Morgan fingerprint density at radius 2 is 2.10 bits per heavy atom. The van der Waals surface area contributed by atoms with E-state index in [4.69, 9.17) is 10.5 Å². The van der Waals surface area contributed by atoms with Crippen LogP contribution in [0.1, 0.15) is 33.9 Å². The molecular formula is C17H18N2O2. The molecule has 3 N–H and O–H groups in total. The lowest BCUT2D eigenvalue weighted by Gasteiger charge is -2.15. The summed E-state index contributed by atoms with van der Waals surface area (Å²) in [5, 5.41) is 3.09. The summed E-state index contributed by atoms with van der Waals surface area (Å²) in [4.78, 5) is 12.4. The minimum atomic E-state index is -0.109. The van der Waals surface area contributed by atoms with E-state index in [-0.39, 0.29) is 11.9 Å². The first-order chi connectivity index (χ1) is 10.2. The molecular weight excluding hydrogens is 264 g/mol. The number of nitrogen functional groups attached to an aromatic ring is 1. The van der Waals surface area contributed by atoms with Crippen molar-refractivity contribution in [3.8, 4) is 5.75 Å². The Labute approximate surface area is 123 Å². The van der Waals surface area contributed by atoms with E-state index in [0.717, 1.165) is 24.1 Å². The number of hydrogen-bond donors (Lipinski definition) is 2. The summed E-state index contributed by atoms with van der Waals surface area (Å²) in [5.74, 6) is 0.479. The number of aryl methyl sites for hydroxylation is 1. The van der Waals surface area contributed by atoms with Gasteiger partial charge in [-0.2, -0.15) is 0 Å². The second-order valence-electron chi connectivity index (χ2n) is 5.22. The van der Waals surface area contributed by atoms with Crippen LogP contribution in [-0.4, -0.2) is 13.0 Å². The lowest BCUT2D eigenvalue weighted by atomic mass is 10.1. The highest BCUT2D eigenvalue weighted by Gasteiger charge is 2.25. The van der Waals surface area contributed by atoms with Crippen molar-refractivity contribution in [1.82, 2.24) is 5.32 Å². The fourth-order valence-corrected chi connectivity index (χ4v) is 2.86. The van der Waals surface area contributed by atoms with Crippen molar-refractivity contribution in [2.24, 2.45) is 0 Å². The third-order valence-corrected chi connectivity index (χ3v) is 3.90. The largest absolute Gasteiger partial charge is 0.496 e. The Kier molecular flexibility index (Phi) is 3.52. The predicted octanol–water partition coefficient (Wildman–Crippen LogP) is 2.69. The Morgan fingerprint density at radius 3 is 2.90 bits per heavy atom. The number of amides is 1. The molecule has 0 saturated carbocycles. The number of hydrogen-bond acceptors (Lipinski definition) is 3. The lowest BCUT2D eigenvalue weighted by molar-refractivity contribution is 0.0933. The van der Waals surface area contributed by atoms with Crippen molar-refractivity contribution in [1.29, 1.82) is 0 Å². The predicted molar refractivity (Wildman–Crippen MR) is 82.4 cm³/mol. The number of anilines is 1. The highest BCUT2D eigenvalue weighted by Crippen LogP contribution is 2.32. The van der Waals surface area contributed by atoms with Gasteiger partial charge in [0.05, 0.1) is 18.7 Å². The van der Waals surface area contributed by atoms with Crippen LogP contribution in [0.3, 0.4) is 0 Å². The molecule has 4 nitrogen and oxygen atoms in total. The van der Waals surface area contributed by atoms with Gasteiger partial charge >= 0.3 is 0 Å². The molecule has 2 aromatic carbocycles. The second-order valence-corrected chi connectivity index (χ2v) is 5.22. The Balaban J connectivity index is 1.81. The summed E-state index contributed by atoms with van der Waals surface area (Å²) in [6.07, 6.45) is 1.84. The van der Waals surface area contributed by atoms with Gasteiger partial charge in [-0.1, -0.05) is 18.2 Å². The maximum atomic E-state index is 12.4. The number of fused-ring (bicyclic) bond motifs is 1. The van der Waals surface area contributed by atoms with E-state index in [1.807, 2.05) is 30.3 Å². The maximum Gasteiger partial charge on any atom is 0.255 e. The van der Waals surface area contributed by atoms with Crippen LogP contribution in [0.5, 0.6) is 5.75 Å². The summed E-state index contributed by atoms with van der Waals surface area (Å²) in [5.41, 5.74) is 9.51. The number of ether oxygens (including phenoxy) is 1. The zero-order valence-corrected chi connectivity index (χ0v) is 11.9. The van der Waals surface area contributed by atoms with E-state index in [1.54, 1.807) is 19.2 Å². The van der Waals surface area contributed by atoms with Gasteiger partial charge in [0.1, 0.15) is 5.75 Å². The Morgan fingerprint density at radius 1 is 1.29 bits per heavy atom. The first kappa shape index (κ1) is 13.5. The first-order valence-corrected chi connectivity index (χ1v) is 7.01. The summed E-state index contributed by atoms with van der Waals surface area (Å²) in [7, 11) is 1.57. The van der Waals surface area contributed by atoms with Gasteiger partial charge in [-0.3, -0.25) is 4.79 Å². The quantitative estimate of drug-likeness (QED) is 0.851. The number of methoxy groups -OCH3 is 1. The molecule has 0 heterocycles. The van der Waals surface area contributed by atoms with Gasteiger partial charge < -0.3 is 15.8 Å². The fourth-order valence-electron chi connectivity index (χ4n) is 2.86. The normalized spacial score (nSPS) is 16.3. The molecule has 0 bridgehead atoms. The van der Waals surface area contributed by atoms with Crippen LogP contribution in [0.25, 0.3) is 0 Å². The number of para-hydroxylation sites is 1. The number of nitrogens with one attached hydrogen (secondary N) is 1. The van der Waals surface area contributed by atoms with Crippen LogP contribution in [0.15, 0.2) is 42.5 Å². The van der Waals surface area contributed by atoms with Gasteiger partial charge in [-0.05, 0) is 48.2 Å². The van der Waals surface area contributed by atoms with E-state index in [9.17, 15) is 4.79 Å². The summed E-state index contributed by atoms with van der Waals surface area (Å²) in [6, 6.07) is 13.2. The monoisotopic (exact) mass is 282 g/mol. The van der Waals surface area contributed by atoms with Crippen LogP contribution in [0.4, 0.5) is 5.69 Å². The highest BCUT2D eigenvalue weighted by atomic mass is 16.5. The molecule has 0 aromatic heterocycles. The molecule has 0 spiro atoms. The molecule has 1 atom stereocenters. The van der Waals surface area contributed by atoms with Crippen molar-refractivity contribution in [3.63, 3.8) is 0 Å². The number of benzene rings is 2. The zero-order chi connectivity index (χ0) is 14.8. The number of carbonyl (C=O) groups excluding carboxylic acids is 1. The fraction of sp³-hybridized carbons (Fsp3) is 0.235. The zero-order valence-electron chi connectivity index (χ0n) is 11.9. The molecule has 21 heavy (non-hydrogen) atoms. The number of rotatable bonds is 3. The molecule has 0 aliphatic heterocycles. The van der Waals surface area contributed by atoms with E-state index < -0.39 is 0 Å². The Bertz CT molecular complexity index is 682. The molecule has 0 fully saturated rings. The van der Waals surface area contributed by atoms with Gasteiger partial charge in [0.2, 0.25) is 0 Å². The van der Waals surface area contributed by atoms with Crippen LogP contribution >= 0.6 is 0 Å². The van der Waals surface area contributed by atoms with E-state index in [1.165, 1.54) is 5.56 Å². The molecule has 1 amide bonds. The van der Waals surface area contributed by atoms with Crippen molar-refractivity contribution in [2.75, 3.05) is 12.8 Å². The Hall–Kier alpha value is -2.49. The minimum absolute atomic E-state index is 0.0398. The standard InChI is InChI=1S/C17H18N2O2/c1-21-16-5-3-2-4-14(16)17(20)19-15-9-6-11-10-12(18)7-8-13(11)15/h2-5,7-8,10,15H,6,9,18H2,1H3,(H,19,20). The van der Waals surface area contributed by atoms with Crippen LogP contribution < -0.4 is 15.8 Å². The SMILES string of the molecule is COc1ccccc1C(=O)NC1CCc2cc(N)ccc21. The van der Waals surface area contributed by atoms with Crippen molar-refractivity contribution in [2.45, 2.75) is 18.9 Å². The average Bonchev–Trinajstić information content (AvgIpc) is 2.89. The molecule has 0 saturated heterocycles. The smallest absolute Gasteiger partial charge is 0.255 e. The summed E-state index contributed by atoms with van der Waals surface area (Å²) < 4.78 is 5.24. The molecule has 4 heteroatoms. The molecule has 1 aliphatic rings. The molecule has 2 aromatic rings. The summed E-state index contributed by atoms with van der Waals surface area (Å²) in [6.45, 7) is 0. The molecule has 1 unspecified atom stereocenters. The second kappa shape index (κ2) is 5.48. The molecule has 0 radical (unpaired) electrons. The van der Waals surface area contributed by atoms with E-state index in [0.29, 0.717) is 11.3 Å². The molecule has 108 valence electrons. The third kappa shape index (κ3) is 2.57. The van der Waals surface area contributed by atoms with Crippen LogP contribution in [0.2, 0.25) is 0 Å². The highest BCUT2D eigenvalue weighted by molar-refractivity contribution is 5.97. The van der Waals surface area contributed by atoms with Crippen molar-refractivity contribution >= 4 is 11.6 Å². The van der Waals surface area contributed by atoms with Crippen LogP contribution in [0, 0.1) is 0 Å². The third-order valence-electron chi connectivity index (χ3n) is 3.90. The van der Waals surface area contributed by atoms with Crippen LogP contribution in [-0.2, 0) is 6.42 Å². The molecule has 1 aliphatic carbocycles.